The molecule has 0 aliphatic carbocycles. The maximum atomic E-state index is 15.4. The minimum absolute atomic E-state index is 0.0258. The lowest BCUT2D eigenvalue weighted by Gasteiger charge is -2.37. The second kappa shape index (κ2) is 15.9. The van der Waals surface area contributed by atoms with Gasteiger partial charge in [-0.15, -0.1) is 0 Å². The normalized spacial score (nSPS) is 16.5. The molecule has 9 nitrogen and oxygen atoms in total. The number of nitrogens with one attached hydrogen (secondary N) is 2. The number of para-hydroxylation sites is 1. The zero-order valence-electron chi connectivity index (χ0n) is 29.3. The van der Waals surface area contributed by atoms with E-state index in [0.717, 1.165) is 42.6 Å². The number of carbonyl (C=O) groups excluding carboxylic acids is 2. The fraction of sp³-hybridized carbons (Fsp3) is 0.385. The highest BCUT2D eigenvalue weighted by Crippen LogP contribution is 2.32. The summed E-state index contributed by atoms with van der Waals surface area (Å²) in [5.41, 5.74) is 4.09. The van der Waals surface area contributed by atoms with E-state index in [1.165, 1.54) is 17.2 Å². The molecule has 1 aliphatic rings. The Labute approximate surface area is 288 Å². The van der Waals surface area contributed by atoms with E-state index in [4.69, 9.17) is 4.74 Å². The Morgan fingerprint density at radius 2 is 1.80 bits per heavy atom. The number of ether oxygens (including phenoxy) is 1. The number of benzene rings is 3. The van der Waals surface area contributed by atoms with E-state index in [0.29, 0.717) is 47.5 Å². The van der Waals surface area contributed by atoms with Crippen LogP contribution < -0.4 is 25.2 Å². The van der Waals surface area contributed by atoms with E-state index in [1.807, 2.05) is 70.2 Å². The molecule has 0 spiro atoms. The van der Waals surface area contributed by atoms with Gasteiger partial charge < -0.3 is 20.3 Å². The van der Waals surface area contributed by atoms with Gasteiger partial charge in [0.15, 0.2) is 0 Å². The van der Waals surface area contributed by atoms with Crippen molar-refractivity contribution in [3.63, 3.8) is 0 Å². The Kier molecular flexibility index (Phi) is 11.5. The van der Waals surface area contributed by atoms with Gasteiger partial charge in [0.1, 0.15) is 17.4 Å². The fourth-order valence-electron chi connectivity index (χ4n) is 5.97. The summed E-state index contributed by atoms with van der Waals surface area (Å²) in [7, 11) is 0. The molecule has 3 aromatic carbocycles. The molecule has 5 rings (SSSR count). The molecule has 0 radical (unpaired) electrons. The van der Waals surface area contributed by atoms with Crippen LogP contribution in [0.25, 0.3) is 0 Å². The molecule has 258 valence electrons. The van der Waals surface area contributed by atoms with Crippen molar-refractivity contribution in [2.24, 2.45) is 11.8 Å². The van der Waals surface area contributed by atoms with E-state index in [1.54, 1.807) is 18.2 Å². The molecule has 3 atom stereocenters. The van der Waals surface area contributed by atoms with Crippen LogP contribution in [-0.2, 0) is 11.2 Å². The lowest BCUT2D eigenvalue weighted by atomic mass is 9.88. The van der Waals surface area contributed by atoms with Crippen LogP contribution in [0, 0.1) is 31.5 Å². The number of rotatable bonds is 11. The van der Waals surface area contributed by atoms with Crippen LogP contribution in [0.4, 0.5) is 38.0 Å². The summed E-state index contributed by atoms with van der Waals surface area (Å²) in [6.07, 6.45) is 3.56. The lowest BCUT2D eigenvalue weighted by molar-refractivity contribution is -0.121. The van der Waals surface area contributed by atoms with Crippen LogP contribution in [0.3, 0.4) is 0 Å². The molecular weight excluding hydrogens is 619 g/mol. The molecule has 2 amide bonds. The van der Waals surface area contributed by atoms with E-state index in [9.17, 15) is 9.59 Å². The van der Waals surface area contributed by atoms with E-state index in [-0.39, 0.29) is 29.5 Å². The summed E-state index contributed by atoms with van der Waals surface area (Å²) in [4.78, 5) is 39.0. The molecule has 3 unspecified atom stereocenters. The Bertz CT molecular complexity index is 1760. The molecular formula is C39H47FN6O3. The van der Waals surface area contributed by atoms with Gasteiger partial charge in [0.25, 0.3) is 0 Å². The molecule has 1 saturated heterocycles. The topological polar surface area (TPSA) is 99.7 Å². The number of piperidine rings is 1. The molecule has 0 bridgehead atoms. The van der Waals surface area contributed by atoms with Crippen molar-refractivity contribution < 1.29 is 18.7 Å². The molecule has 1 aromatic heterocycles. The summed E-state index contributed by atoms with van der Waals surface area (Å²) in [6.45, 7) is 13.9. The third kappa shape index (κ3) is 8.93. The lowest BCUT2D eigenvalue weighted by Crippen LogP contribution is -2.38. The highest BCUT2D eigenvalue weighted by molar-refractivity contribution is 5.96. The van der Waals surface area contributed by atoms with Crippen LogP contribution in [0.1, 0.15) is 63.6 Å². The summed E-state index contributed by atoms with van der Waals surface area (Å²) in [5.74, 6) is 1.67. The number of hydrogen-bond donors (Lipinski definition) is 2. The Hall–Kier alpha value is -4.99. The van der Waals surface area contributed by atoms with Crippen LogP contribution in [0.15, 0.2) is 72.9 Å². The highest BCUT2D eigenvalue weighted by Gasteiger charge is 2.26. The molecule has 2 heterocycles. The predicted octanol–water partition coefficient (Wildman–Crippen LogP) is 8.64. The molecule has 4 aromatic rings. The van der Waals surface area contributed by atoms with Gasteiger partial charge >= 0.3 is 6.09 Å². The zero-order valence-corrected chi connectivity index (χ0v) is 29.3. The van der Waals surface area contributed by atoms with E-state index >= 15 is 4.39 Å². The number of aromatic nitrogens is 2. The van der Waals surface area contributed by atoms with Crippen LogP contribution >= 0.6 is 0 Å². The van der Waals surface area contributed by atoms with E-state index < -0.39 is 6.09 Å². The van der Waals surface area contributed by atoms with Gasteiger partial charge in [-0.2, -0.15) is 4.98 Å². The average Bonchev–Trinajstić information content (AvgIpc) is 3.07. The maximum Gasteiger partial charge on any atom is 0.425 e. The SMILES string of the molecule is CCC(C)NC(=O)CCc1cccc(N(C(=O)Oc2c(C)cccc2C)c2ccnc(Nc3ccc(N4CCC(C)C(C)C4)c(F)c3)n2)c1. The first-order chi connectivity index (χ1) is 23.5. The summed E-state index contributed by atoms with van der Waals surface area (Å²) < 4.78 is 21.4. The fourth-order valence-corrected chi connectivity index (χ4v) is 5.97. The Morgan fingerprint density at radius 1 is 1.04 bits per heavy atom. The smallest absolute Gasteiger partial charge is 0.409 e. The van der Waals surface area contributed by atoms with Crippen LogP contribution in [0.5, 0.6) is 5.75 Å². The van der Waals surface area contributed by atoms with Crippen LogP contribution in [0.2, 0.25) is 0 Å². The molecule has 2 N–H and O–H groups in total. The minimum atomic E-state index is -0.658. The summed E-state index contributed by atoms with van der Waals surface area (Å²) in [6, 6.07) is 19.8. The number of anilines is 5. The summed E-state index contributed by atoms with van der Waals surface area (Å²) in [5, 5.41) is 6.10. The first kappa shape index (κ1) is 35.3. The second-order valence-electron chi connectivity index (χ2n) is 13.2. The molecule has 1 aliphatic heterocycles. The third-order valence-corrected chi connectivity index (χ3v) is 9.36. The van der Waals surface area contributed by atoms with Crippen molar-refractivity contribution in [1.29, 1.82) is 0 Å². The molecule has 1 fully saturated rings. The van der Waals surface area contributed by atoms with E-state index in [2.05, 4.69) is 39.3 Å². The van der Waals surface area contributed by atoms with Gasteiger partial charge in [-0.3, -0.25) is 4.79 Å². The number of carbonyl (C=O) groups is 2. The second-order valence-corrected chi connectivity index (χ2v) is 13.2. The standard InChI is InChI=1S/C39H47FN6O3/c1-7-29(6)42-36(47)17-14-30-12-9-13-32(22-30)46(39(48)49-37-26(3)10-8-11-27(37)4)35-18-20-41-38(44-35)43-31-15-16-34(33(40)23-31)45-21-19-25(2)28(5)24-45/h8-13,15-16,18,20,22-23,25,28-29H,7,14,17,19,21,24H2,1-6H3,(H,42,47)(H,41,43,44). The minimum Gasteiger partial charge on any atom is -0.409 e. The van der Waals surface area contributed by atoms with Gasteiger partial charge in [-0.1, -0.05) is 51.1 Å². The first-order valence-electron chi connectivity index (χ1n) is 17.1. The van der Waals surface area contributed by atoms with Gasteiger partial charge in [-0.25, -0.2) is 19.1 Å². The third-order valence-electron chi connectivity index (χ3n) is 9.36. The number of halogens is 1. The molecule has 49 heavy (non-hydrogen) atoms. The highest BCUT2D eigenvalue weighted by atomic mass is 19.1. The number of amides is 2. The molecule has 10 heteroatoms. The number of hydrogen-bond acceptors (Lipinski definition) is 7. The van der Waals surface area contributed by atoms with Crippen molar-refractivity contribution in [2.45, 2.75) is 73.3 Å². The van der Waals surface area contributed by atoms with Crippen molar-refractivity contribution >= 4 is 40.8 Å². The number of nitrogens with zero attached hydrogens (tertiary/aromatic N) is 4. The van der Waals surface area contributed by atoms with Gasteiger partial charge in [0.05, 0.1) is 11.4 Å². The van der Waals surface area contributed by atoms with Crippen molar-refractivity contribution in [1.82, 2.24) is 15.3 Å². The van der Waals surface area contributed by atoms with Crippen molar-refractivity contribution in [2.75, 3.05) is 28.2 Å². The first-order valence-corrected chi connectivity index (χ1v) is 17.1. The molecule has 0 saturated carbocycles. The number of aryl methyl sites for hydroxylation is 3. The summed E-state index contributed by atoms with van der Waals surface area (Å²) >= 11 is 0. The largest absolute Gasteiger partial charge is 0.425 e. The Balaban J connectivity index is 1.41. The van der Waals surface area contributed by atoms with Gasteiger partial charge in [0, 0.05) is 43.5 Å². The van der Waals surface area contributed by atoms with Gasteiger partial charge in [-0.05, 0) is 98.9 Å². The Morgan fingerprint density at radius 3 is 2.51 bits per heavy atom. The zero-order chi connectivity index (χ0) is 35.1. The maximum absolute atomic E-state index is 15.4. The van der Waals surface area contributed by atoms with Gasteiger partial charge in [0.2, 0.25) is 11.9 Å². The monoisotopic (exact) mass is 666 g/mol. The predicted molar refractivity (Wildman–Crippen MR) is 194 cm³/mol. The van der Waals surface area contributed by atoms with Crippen molar-refractivity contribution in [3.8, 4) is 5.75 Å². The average molecular weight is 667 g/mol. The van der Waals surface area contributed by atoms with Crippen molar-refractivity contribution in [3.05, 3.63) is 95.4 Å². The quantitative estimate of drug-likeness (QED) is 0.165. The van der Waals surface area contributed by atoms with Crippen LogP contribution in [-0.4, -0.2) is 41.1 Å².